The van der Waals surface area contributed by atoms with E-state index in [1.807, 2.05) is 6.07 Å². The zero-order chi connectivity index (χ0) is 14.8. The number of hydrogen-bond donors (Lipinski definition) is 0. The minimum Gasteiger partial charge on any atom is -0.494 e. The second-order valence-corrected chi connectivity index (χ2v) is 4.58. The first-order valence-electron chi connectivity index (χ1n) is 6.41. The van der Waals surface area contributed by atoms with Crippen molar-refractivity contribution >= 4 is 16.6 Å². The van der Waals surface area contributed by atoms with E-state index in [1.54, 1.807) is 36.7 Å². The Morgan fingerprint density at radius 1 is 1.19 bits per heavy atom. The second kappa shape index (κ2) is 5.32. The number of rotatable bonds is 3. The largest absolute Gasteiger partial charge is 0.494 e. The van der Waals surface area contributed by atoms with Gasteiger partial charge in [-0.2, -0.15) is 0 Å². The SMILES string of the molecule is COc1ccc(C(=O)c2cccc3cnccc23)cc1F. The van der Waals surface area contributed by atoms with E-state index in [4.69, 9.17) is 4.74 Å². The van der Waals surface area contributed by atoms with Gasteiger partial charge in [-0.1, -0.05) is 18.2 Å². The molecular formula is C17H12FNO2. The topological polar surface area (TPSA) is 39.2 Å². The number of pyridine rings is 1. The van der Waals surface area contributed by atoms with Crippen LogP contribution in [0.1, 0.15) is 15.9 Å². The van der Waals surface area contributed by atoms with Crippen molar-refractivity contribution in [1.29, 1.82) is 0 Å². The quantitative estimate of drug-likeness (QED) is 0.688. The lowest BCUT2D eigenvalue weighted by molar-refractivity contribution is 0.104. The van der Waals surface area contributed by atoms with Crippen molar-refractivity contribution < 1.29 is 13.9 Å². The van der Waals surface area contributed by atoms with Gasteiger partial charge in [0.2, 0.25) is 0 Å². The van der Waals surface area contributed by atoms with E-state index in [-0.39, 0.29) is 17.1 Å². The number of nitrogens with zero attached hydrogens (tertiary/aromatic N) is 1. The zero-order valence-corrected chi connectivity index (χ0v) is 11.3. The van der Waals surface area contributed by atoms with Gasteiger partial charge in [0.15, 0.2) is 17.3 Å². The fourth-order valence-corrected chi connectivity index (χ4v) is 2.28. The summed E-state index contributed by atoms with van der Waals surface area (Å²) in [5.74, 6) is -0.660. The Balaban J connectivity index is 2.10. The molecule has 0 aliphatic carbocycles. The van der Waals surface area contributed by atoms with Crippen LogP contribution in [0.15, 0.2) is 54.9 Å². The predicted molar refractivity (Wildman–Crippen MR) is 78.1 cm³/mol. The number of aromatic nitrogens is 1. The van der Waals surface area contributed by atoms with Crippen LogP contribution < -0.4 is 4.74 Å². The van der Waals surface area contributed by atoms with Crippen LogP contribution in [-0.2, 0) is 0 Å². The third-order valence-electron chi connectivity index (χ3n) is 3.34. The average molecular weight is 281 g/mol. The Bertz CT molecular complexity index is 825. The van der Waals surface area contributed by atoms with Crippen LogP contribution >= 0.6 is 0 Å². The number of halogens is 1. The summed E-state index contributed by atoms with van der Waals surface area (Å²) in [7, 11) is 1.39. The number of ketones is 1. The van der Waals surface area contributed by atoms with E-state index in [0.29, 0.717) is 5.56 Å². The van der Waals surface area contributed by atoms with Gasteiger partial charge in [0.05, 0.1) is 7.11 Å². The Morgan fingerprint density at radius 3 is 2.81 bits per heavy atom. The molecule has 0 amide bonds. The summed E-state index contributed by atoms with van der Waals surface area (Å²) in [6, 6.07) is 11.4. The number of carbonyl (C=O) groups excluding carboxylic acids is 1. The third-order valence-corrected chi connectivity index (χ3v) is 3.34. The maximum Gasteiger partial charge on any atom is 0.193 e. The molecule has 3 nitrogen and oxygen atoms in total. The maximum absolute atomic E-state index is 13.8. The van der Waals surface area contributed by atoms with Crippen molar-refractivity contribution in [2.45, 2.75) is 0 Å². The van der Waals surface area contributed by atoms with E-state index in [0.717, 1.165) is 10.8 Å². The minimum absolute atomic E-state index is 0.119. The van der Waals surface area contributed by atoms with Crippen LogP contribution in [0, 0.1) is 5.82 Å². The molecule has 1 heterocycles. The third kappa shape index (κ3) is 2.36. The molecule has 0 saturated carbocycles. The highest BCUT2D eigenvalue weighted by molar-refractivity contribution is 6.16. The number of benzene rings is 2. The summed E-state index contributed by atoms with van der Waals surface area (Å²) in [4.78, 5) is 16.6. The van der Waals surface area contributed by atoms with Crippen molar-refractivity contribution in [2.75, 3.05) is 7.11 Å². The lowest BCUT2D eigenvalue weighted by Crippen LogP contribution is -2.03. The molecule has 1 aromatic heterocycles. The van der Waals surface area contributed by atoms with Crippen LogP contribution in [0.2, 0.25) is 0 Å². The molecule has 3 aromatic rings. The van der Waals surface area contributed by atoms with E-state index in [2.05, 4.69) is 4.98 Å². The minimum atomic E-state index is -0.551. The Labute approximate surface area is 121 Å². The molecule has 0 atom stereocenters. The van der Waals surface area contributed by atoms with Gasteiger partial charge in [-0.25, -0.2) is 4.39 Å². The molecule has 2 aromatic carbocycles. The van der Waals surface area contributed by atoms with E-state index >= 15 is 0 Å². The number of carbonyl (C=O) groups is 1. The van der Waals surface area contributed by atoms with Gasteiger partial charge >= 0.3 is 0 Å². The fourth-order valence-electron chi connectivity index (χ4n) is 2.28. The highest BCUT2D eigenvalue weighted by Gasteiger charge is 2.14. The van der Waals surface area contributed by atoms with Crippen LogP contribution in [-0.4, -0.2) is 17.9 Å². The van der Waals surface area contributed by atoms with Gasteiger partial charge in [0, 0.05) is 28.9 Å². The highest BCUT2D eigenvalue weighted by atomic mass is 19.1. The van der Waals surface area contributed by atoms with E-state index < -0.39 is 5.82 Å². The highest BCUT2D eigenvalue weighted by Crippen LogP contribution is 2.23. The Kier molecular flexibility index (Phi) is 3.36. The predicted octanol–water partition coefficient (Wildman–Crippen LogP) is 3.61. The van der Waals surface area contributed by atoms with E-state index in [1.165, 1.54) is 19.2 Å². The Hall–Kier alpha value is -2.75. The van der Waals surface area contributed by atoms with Gasteiger partial charge < -0.3 is 4.74 Å². The van der Waals surface area contributed by atoms with Gasteiger partial charge in [-0.15, -0.1) is 0 Å². The molecule has 0 spiro atoms. The molecule has 0 bridgehead atoms. The van der Waals surface area contributed by atoms with E-state index in [9.17, 15) is 9.18 Å². The van der Waals surface area contributed by atoms with Crippen LogP contribution in [0.5, 0.6) is 5.75 Å². The number of methoxy groups -OCH3 is 1. The first-order chi connectivity index (χ1) is 10.2. The molecule has 0 radical (unpaired) electrons. The van der Waals surface area contributed by atoms with Crippen LogP contribution in [0.3, 0.4) is 0 Å². The molecule has 3 rings (SSSR count). The smallest absolute Gasteiger partial charge is 0.193 e. The van der Waals surface area contributed by atoms with Crippen molar-refractivity contribution in [2.24, 2.45) is 0 Å². The standard InChI is InChI=1S/C17H12FNO2/c1-21-16-6-5-11(9-15(16)18)17(20)14-4-2-3-12-10-19-8-7-13(12)14/h2-10H,1H3. The number of fused-ring (bicyclic) bond motifs is 1. The molecule has 104 valence electrons. The van der Waals surface area contributed by atoms with Gasteiger partial charge in [-0.05, 0) is 29.7 Å². The summed E-state index contributed by atoms with van der Waals surface area (Å²) in [6.45, 7) is 0. The monoisotopic (exact) mass is 281 g/mol. The second-order valence-electron chi connectivity index (χ2n) is 4.58. The van der Waals surface area contributed by atoms with Crippen molar-refractivity contribution in [3.63, 3.8) is 0 Å². The molecule has 0 N–H and O–H groups in total. The summed E-state index contributed by atoms with van der Waals surface area (Å²) in [5, 5.41) is 1.67. The summed E-state index contributed by atoms with van der Waals surface area (Å²) in [5.41, 5.74) is 0.817. The molecular weight excluding hydrogens is 269 g/mol. The lowest BCUT2D eigenvalue weighted by atomic mass is 9.98. The fraction of sp³-hybridized carbons (Fsp3) is 0.0588. The average Bonchev–Trinajstić information content (AvgIpc) is 2.53. The summed E-state index contributed by atoms with van der Waals surface area (Å²) >= 11 is 0. The summed E-state index contributed by atoms with van der Waals surface area (Å²) in [6.07, 6.45) is 3.33. The van der Waals surface area contributed by atoms with Crippen LogP contribution in [0.25, 0.3) is 10.8 Å². The molecule has 4 heteroatoms. The summed E-state index contributed by atoms with van der Waals surface area (Å²) < 4.78 is 18.6. The lowest BCUT2D eigenvalue weighted by Gasteiger charge is -2.07. The zero-order valence-electron chi connectivity index (χ0n) is 11.3. The van der Waals surface area contributed by atoms with Gasteiger partial charge in [0.1, 0.15) is 0 Å². The molecule has 0 fully saturated rings. The Morgan fingerprint density at radius 2 is 2.05 bits per heavy atom. The normalized spacial score (nSPS) is 10.6. The molecule has 21 heavy (non-hydrogen) atoms. The molecule has 0 saturated heterocycles. The maximum atomic E-state index is 13.8. The van der Waals surface area contributed by atoms with Crippen molar-refractivity contribution in [3.8, 4) is 5.75 Å². The molecule has 0 unspecified atom stereocenters. The molecule has 0 aliphatic rings. The number of ether oxygens (including phenoxy) is 1. The van der Waals surface area contributed by atoms with Crippen LogP contribution in [0.4, 0.5) is 4.39 Å². The molecule has 0 aliphatic heterocycles. The van der Waals surface area contributed by atoms with Gasteiger partial charge in [-0.3, -0.25) is 9.78 Å². The first kappa shape index (κ1) is 13.2. The van der Waals surface area contributed by atoms with Gasteiger partial charge in [0.25, 0.3) is 0 Å². The number of hydrogen-bond acceptors (Lipinski definition) is 3. The van der Waals surface area contributed by atoms with Crippen molar-refractivity contribution in [3.05, 3.63) is 71.8 Å². The van der Waals surface area contributed by atoms with Crippen molar-refractivity contribution in [1.82, 2.24) is 4.98 Å². The first-order valence-corrected chi connectivity index (χ1v) is 6.41.